The maximum atomic E-state index is 13.8. The summed E-state index contributed by atoms with van der Waals surface area (Å²) in [5, 5.41) is 7.31. The summed E-state index contributed by atoms with van der Waals surface area (Å²) >= 11 is 0. The molecule has 0 saturated heterocycles. The lowest BCUT2D eigenvalue weighted by Crippen LogP contribution is -2.08. The molecule has 0 atom stereocenters. The fourth-order valence-electron chi connectivity index (χ4n) is 3.04. The van der Waals surface area contributed by atoms with Crippen molar-refractivity contribution in [3.63, 3.8) is 0 Å². The lowest BCUT2D eigenvalue weighted by molar-refractivity contribution is -0.111. The largest absolute Gasteiger partial charge is 0.494 e. The number of benzene rings is 2. The van der Waals surface area contributed by atoms with E-state index in [1.165, 1.54) is 25.3 Å². The lowest BCUT2D eigenvalue weighted by Gasteiger charge is -2.05. The molecule has 1 N–H and O–H groups in total. The fourth-order valence-corrected chi connectivity index (χ4v) is 3.04. The van der Waals surface area contributed by atoms with Crippen molar-refractivity contribution >= 4 is 17.7 Å². The standard InChI is InChI=1S/C24H19FN4O2/c1-31-22-11-10-19(14-21(22)25)27-23(30)12-9-18-16-29(20-7-3-2-4-8-20)28-24(18)17-6-5-13-26-15-17/h2-16H,1H3,(H,27,30). The van der Waals surface area contributed by atoms with Gasteiger partial charge in [-0.25, -0.2) is 9.07 Å². The van der Waals surface area contributed by atoms with E-state index in [1.807, 2.05) is 48.7 Å². The molecule has 4 aromatic rings. The number of pyridine rings is 1. The smallest absolute Gasteiger partial charge is 0.248 e. The zero-order chi connectivity index (χ0) is 21.6. The Morgan fingerprint density at radius 1 is 1.13 bits per heavy atom. The summed E-state index contributed by atoms with van der Waals surface area (Å²) in [6.07, 6.45) is 8.30. The third kappa shape index (κ3) is 4.67. The fraction of sp³-hybridized carbons (Fsp3) is 0.0417. The number of anilines is 1. The highest BCUT2D eigenvalue weighted by molar-refractivity contribution is 6.02. The van der Waals surface area contributed by atoms with E-state index in [1.54, 1.807) is 29.2 Å². The van der Waals surface area contributed by atoms with Gasteiger partial charge in [-0.05, 0) is 42.5 Å². The molecule has 1 amide bonds. The van der Waals surface area contributed by atoms with Gasteiger partial charge in [0.25, 0.3) is 0 Å². The van der Waals surface area contributed by atoms with Gasteiger partial charge >= 0.3 is 0 Å². The van der Waals surface area contributed by atoms with Gasteiger partial charge in [0.1, 0.15) is 5.69 Å². The molecule has 4 rings (SSSR count). The van der Waals surface area contributed by atoms with Crippen LogP contribution in [0.4, 0.5) is 10.1 Å². The van der Waals surface area contributed by atoms with E-state index in [9.17, 15) is 9.18 Å². The van der Waals surface area contributed by atoms with E-state index in [0.717, 1.165) is 16.8 Å². The molecule has 0 spiro atoms. The number of rotatable bonds is 6. The summed E-state index contributed by atoms with van der Waals surface area (Å²) in [5.41, 5.74) is 3.49. The van der Waals surface area contributed by atoms with E-state index in [2.05, 4.69) is 15.4 Å². The van der Waals surface area contributed by atoms with Crippen molar-refractivity contribution in [2.45, 2.75) is 0 Å². The first-order valence-electron chi connectivity index (χ1n) is 9.52. The number of ether oxygens (including phenoxy) is 1. The number of carbonyl (C=O) groups is 1. The Labute approximate surface area is 178 Å². The molecule has 0 saturated carbocycles. The molecular formula is C24H19FN4O2. The maximum absolute atomic E-state index is 13.8. The SMILES string of the molecule is COc1ccc(NC(=O)C=Cc2cn(-c3ccccc3)nc2-c2cccnc2)cc1F. The molecule has 2 aromatic heterocycles. The zero-order valence-electron chi connectivity index (χ0n) is 16.7. The quantitative estimate of drug-likeness (QED) is 0.463. The van der Waals surface area contributed by atoms with Crippen LogP contribution in [0.15, 0.2) is 85.3 Å². The minimum Gasteiger partial charge on any atom is -0.494 e. The summed E-state index contributed by atoms with van der Waals surface area (Å²) in [6.45, 7) is 0. The van der Waals surface area contributed by atoms with Gasteiger partial charge in [0.15, 0.2) is 11.6 Å². The summed E-state index contributed by atoms with van der Waals surface area (Å²) in [4.78, 5) is 16.5. The van der Waals surface area contributed by atoms with Gasteiger partial charge in [0.2, 0.25) is 5.91 Å². The number of nitrogens with zero attached hydrogens (tertiary/aromatic N) is 3. The maximum Gasteiger partial charge on any atom is 0.248 e. The van der Waals surface area contributed by atoms with E-state index in [-0.39, 0.29) is 5.75 Å². The summed E-state index contributed by atoms with van der Waals surface area (Å²) < 4.78 is 20.5. The number of para-hydroxylation sites is 1. The normalized spacial score (nSPS) is 10.9. The monoisotopic (exact) mass is 414 g/mol. The molecule has 0 fully saturated rings. The highest BCUT2D eigenvalue weighted by atomic mass is 19.1. The Morgan fingerprint density at radius 2 is 1.97 bits per heavy atom. The molecule has 2 heterocycles. The first-order chi connectivity index (χ1) is 15.1. The number of aromatic nitrogens is 3. The van der Waals surface area contributed by atoms with Gasteiger partial charge in [-0.1, -0.05) is 18.2 Å². The molecule has 6 nitrogen and oxygen atoms in total. The second kappa shape index (κ2) is 9.04. The predicted octanol–water partition coefficient (Wildman–Crippen LogP) is 4.73. The first-order valence-corrected chi connectivity index (χ1v) is 9.52. The molecule has 0 aliphatic rings. The van der Waals surface area contributed by atoms with E-state index in [0.29, 0.717) is 11.4 Å². The first kappa shape index (κ1) is 20.0. The topological polar surface area (TPSA) is 69.0 Å². The van der Waals surface area contributed by atoms with Crippen molar-refractivity contribution in [2.75, 3.05) is 12.4 Å². The van der Waals surface area contributed by atoms with Crippen LogP contribution in [-0.2, 0) is 4.79 Å². The van der Waals surface area contributed by atoms with Gasteiger partial charge in [-0.15, -0.1) is 0 Å². The van der Waals surface area contributed by atoms with E-state index < -0.39 is 11.7 Å². The average molecular weight is 414 g/mol. The third-order valence-electron chi connectivity index (χ3n) is 4.53. The van der Waals surface area contributed by atoms with Crippen LogP contribution < -0.4 is 10.1 Å². The Balaban J connectivity index is 1.60. The second-order valence-electron chi connectivity index (χ2n) is 6.63. The van der Waals surface area contributed by atoms with E-state index >= 15 is 0 Å². The Morgan fingerprint density at radius 3 is 2.68 bits per heavy atom. The summed E-state index contributed by atoms with van der Waals surface area (Å²) in [7, 11) is 1.38. The molecule has 0 radical (unpaired) electrons. The van der Waals surface area contributed by atoms with Gasteiger partial charge in [0, 0.05) is 47.5 Å². The van der Waals surface area contributed by atoms with Crippen LogP contribution >= 0.6 is 0 Å². The minimum absolute atomic E-state index is 0.114. The number of nitrogens with one attached hydrogen (secondary N) is 1. The predicted molar refractivity (Wildman–Crippen MR) is 117 cm³/mol. The number of carbonyl (C=O) groups excluding carboxylic acids is 1. The molecule has 0 aliphatic carbocycles. The van der Waals surface area contributed by atoms with Crippen LogP contribution in [0, 0.1) is 5.82 Å². The Kier molecular flexibility index (Phi) is 5.84. The minimum atomic E-state index is -0.549. The van der Waals surface area contributed by atoms with Crippen molar-refractivity contribution in [3.05, 3.63) is 96.7 Å². The number of hydrogen-bond donors (Lipinski definition) is 1. The van der Waals surface area contributed by atoms with Crippen LogP contribution in [0.25, 0.3) is 23.0 Å². The summed E-state index contributed by atoms with van der Waals surface area (Å²) in [5.74, 6) is -0.829. The molecule has 31 heavy (non-hydrogen) atoms. The van der Waals surface area contributed by atoms with Crippen molar-refractivity contribution in [2.24, 2.45) is 0 Å². The lowest BCUT2D eigenvalue weighted by atomic mass is 10.1. The van der Waals surface area contributed by atoms with Crippen LogP contribution in [-0.4, -0.2) is 27.8 Å². The average Bonchev–Trinajstić information content (AvgIpc) is 3.23. The second-order valence-corrected chi connectivity index (χ2v) is 6.63. The van der Waals surface area contributed by atoms with Crippen molar-refractivity contribution in [1.82, 2.24) is 14.8 Å². The van der Waals surface area contributed by atoms with Crippen molar-refractivity contribution in [3.8, 4) is 22.7 Å². The van der Waals surface area contributed by atoms with Crippen molar-refractivity contribution < 1.29 is 13.9 Å². The Bertz CT molecular complexity index is 1220. The van der Waals surface area contributed by atoms with Crippen molar-refractivity contribution in [1.29, 1.82) is 0 Å². The highest BCUT2D eigenvalue weighted by Crippen LogP contribution is 2.24. The number of methoxy groups -OCH3 is 1. The van der Waals surface area contributed by atoms with Crippen LogP contribution in [0.1, 0.15) is 5.56 Å². The van der Waals surface area contributed by atoms with E-state index in [4.69, 9.17) is 4.74 Å². The molecule has 7 heteroatoms. The van der Waals surface area contributed by atoms with Gasteiger partial charge in [-0.2, -0.15) is 5.10 Å². The number of halogens is 1. The molecule has 154 valence electrons. The van der Waals surface area contributed by atoms with Crippen LogP contribution in [0.3, 0.4) is 0 Å². The number of amides is 1. The highest BCUT2D eigenvalue weighted by Gasteiger charge is 2.11. The third-order valence-corrected chi connectivity index (χ3v) is 4.53. The van der Waals surface area contributed by atoms with Gasteiger partial charge in [-0.3, -0.25) is 9.78 Å². The molecule has 2 aromatic carbocycles. The summed E-state index contributed by atoms with van der Waals surface area (Å²) in [6, 6.07) is 17.6. The van der Waals surface area contributed by atoms with Crippen LogP contribution in [0.2, 0.25) is 0 Å². The zero-order valence-corrected chi connectivity index (χ0v) is 16.7. The van der Waals surface area contributed by atoms with Crippen LogP contribution in [0.5, 0.6) is 5.75 Å². The van der Waals surface area contributed by atoms with Gasteiger partial charge < -0.3 is 10.1 Å². The molecule has 0 bridgehead atoms. The Hall–Kier alpha value is -4.26. The molecule has 0 unspecified atom stereocenters. The molecular weight excluding hydrogens is 395 g/mol. The molecule has 0 aliphatic heterocycles. The number of hydrogen-bond acceptors (Lipinski definition) is 4. The van der Waals surface area contributed by atoms with Gasteiger partial charge in [0.05, 0.1) is 12.8 Å².